The Labute approximate surface area is 215 Å². The molecule has 3 rings (SSSR count). The first kappa shape index (κ1) is 30.2. The van der Waals surface area contributed by atoms with E-state index in [-0.39, 0.29) is 17.1 Å². The molecule has 0 aromatic heterocycles. The minimum Gasteiger partial charge on any atom is -0.386 e. The first-order valence-electron chi connectivity index (χ1n) is 12.2. The minimum absolute atomic E-state index is 0.0180. The van der Waals surface area contributed by atoms with Crippen molar-refractivity contribution in [2.24, 2.45) is 0 Å². The molecule has 190 valence electrons. The summed E-state index contributed by atoms with van der Waals surface area (Å²) in [7, 11) is 1.71. The maximum Gasteiger partial charge on any atom is 0.228 e. The SMILES string of the molecule is CC.CCSc1ccc(CC(=O)Nc2ccc(C(C)(C)C)cc2)cc1.CNc1cc(C)ccc1F. The second-order valence-electron chi connectivity index (χ2n) is 8.86. The van der Waals surface area contributed by atoms with Gasteiger partial charge in [-0.2, -0.15) is 0 Å². The number of hydrogen-bond donors (Lipinski definition) is 2. The highest BCUT2D eigenvalue weighted by Gasteiger charge is 2.13. The van der Waals surface area contributed by atoms with Crippen molar-refractivity contribution in [3.8, 4) is 0 Å². The van der Waals surface area contributed by atoms with Gasteiger partial charge in [-0.05, 0) is 71.2 Å². The van der Waals surface area contributed by atoms with E-state index in [2.05, 4.69) is 62.6 Å². The predicted octanol–water partition coefficient (Wildman–Crippen LogP) is 8.48. The third-order valence-corrected chi connectivity index (χ3v) is 5.92. The third-order valence-electron chi connectivity index (χ3n) is 5.02. The normalized spacial score (nSPS) is 10.3. The first-order valence-corrected chi connectivity index (χ1v) is 13.2. The van der Waals surface area contributed by atoms with Crippen LogP contribution in [-0.4, -0.2) is 18.7 Å². The zero-order chi connectivity index (χ0) is 26.4. The number of aryl methyl sites for hydroxylation is 1. The molecule has 0 heterocycles. The maximum absolute atomic E-state index is 12.7. The lowest BCUT2D eigenvalue weighted by atomic mass is 9.87. The topological polar surface area (TPSA) is 41.1 Å². The highest BCUT2D eigenvalue weighted by molar-refractivity contribution is 7.99. The number of benzene rings is 3. The lowest BCUT2D eigenvalue weighted by Crippen LogP contribution is -2.15. The van der Waals surface area contributed by atoms with Crippen molar-refractivity contribution in [1.82, 2.24) is 0 Å². The average molecular weight is 497 g/mol. The molecule has 3 aromatic carbocycles. The van der Waals surface area contributed by atoms with Gasteiger partial charge in [-0.15, -0.1) is 11.8 Å². The quantitative estimate of drug-likeness (QED) is 0.336. The Balaban J connectivity index is 0.000000425. The molecule has 3 aromatic rings. The number of carbonyl (C=O) groups is 1. The third kappa shape index (κ3) is 11.0. The van der Waals surface area contributed by atoms with Crippen molar-refractivity contribution < 1.29 is 9.18 Å². The molecule has 3 nitrogen and oxygen atoms in total. The summed E-state index contributed by atoms with van der Waals surface area (Å²) in [6.07, 6.45) is 0.401. The molecule has 2 N–H and O–H groups in total. The summed E-state index contributed by atoms with van der Waals surface area (Å²) in [5.41, 5.74) is 4.89. The minimum atomic E-state index is -0.201. The van der Waals surface area contributed by atoms with Gasteiger partial charge in [-0.3, -0.25) is 4.79 Å². The van der Waals surface area contributed by atoms with Crippen LogP contribution in [0.25, 0.3) is 0 Å². The zero-order valence-corrected chi connectivity index (χ0v) is 23.3. The number of hydrogen-bond acceptors (Lipinski definition) is 3. The van der Waals surface area contributed by atoms with E-state index in [0.29, 0.717) is 12.1 Å². The van der Waals surface area contributed by atoms with Gasteiger partial charge in [0.15, 0.2) is 0 Å². The second kappa shape index (κ2) is 15.3. The van der Waals surface area contributed by atoms with Crippen LogP contribution >= 0.6 is 11.8 Å². The molecule has 5 heteroatoms. The summed E-state index contributed by atoms with van der Waals surface area (Å²) >= 11 is 1.81. The molecule has 0 bridgehead atoms. The van der Waals surface area contributed by atoms with Crippen LogP contribution in [0.3, 0.4) is 0 Å². The van der Waals surface area contributed by atoms with Gasteiger partial charge in [0, 0.05) is 17.6 Å². The summed E-state index contributed by atoms with van der Waals surface area (Å²) in [6, 6.07) is 21.3. The van der Waals surface area contributed by atoms with Gasteiger partial charge >= 0.3 is 0 Å². The number of amides is 1. The number of carbonyl (C=O) groups excluding carboxylic acids is 1. The fourth-order valence-electron chi connectivity index (χ4n) is 3.15. The molecule has 1 amide bonds. The van der Waals surface area contributed by atoms with E-state index < -0.39 is 0 Å². The van der Waals surface area contributed by atoms with Gasteiger partial charge < -0.3 is 10.6 Å². The lowest BCUT2D eigenvalue weighted by molar-refractivity contribution is -0.115. The molecule has 0 saturated heterocycles. The molecule has 0 aliphatic heterocycles. The molecule has 0 saturated carbocycles. The number of anilines is 2. The van der Waals surface area contributed by atoms with Gasteiger partial charge in [0.05, 0.1) is 12.1 Å². The Morgan fingerprint density at radius 3 is 2.03 bits per heavy atom. The standard InChI is InChI=1S/C20H25NOS.C8H10FN.C2H6/c1-5-23-18-12-6-15(7-13-18)14-19(22)21-17-10-8-16(9-11-17)20(2,3)4;1-6-3-4-7(9)8(5-6)10-2;1-2/h6-13H,5,14H2,1-4H3,(H,21,22);3-5,10H,1-2H3;1-2H3. The van der Waals surface area contributed by atoms with Crippen LogP contribution in [0.4, 0.5) is 15.8 Å². The van der Waals surface area contributed by atoms with Gasteiger partial charge in [-0.1, -0.05) is 71.9 Å². The van der Waals surface area contributed by atoms with Crippen LogP contribution in [0.1, 0.15) is 58.2 Å². The summed E-state index contributed by atoms with van der Waals surface area (Å²) in [6.45, 7) is 14.6. The Kier molecular flexibility index (Phi) is 13.2. The summed E-state index contributed by atoms with van der Waals surface area (Å²) < 4.78 is 12.7. The van der Waals surface area contributed by atoms with Crippen LogP contribution in [0, 0.1) is 12.7 Å². The van der Waals surface area contributed by atoms with Crippen molar-refractivity contribution >= 4 is 29.0 Å². The monoisotopic (exact) mass is 496 g/mol. The molecule has 0 aliphatic rings. The van der Waals surface area contributed by atoms with Crippen LogP contribution in [0.15, 0.2) is 71.6 Å². The molecule has 0 fully saturated rings. The summed E-state index contributed by atoms with van der Waals surface area (Å²) in [4.78, 5) is 13.4. The molecule has 0 unspecified atom stereocenters. The molecule has 35 heavy (non-hydrogen) atoms. The van der Waals surface area contributed by atoms with Crippen molar-refractivity contribution in [2.45, 2.75) is 65.2 Å². The largest absolute Gasteiger partial charge is 0.386 e. The van der Waals surface area contributed by atoms with Crippen LogP contribution < -0.4 is 10.6 Å². The van der Waals surface area contributed by atoms with Crippen LogP contribution in [-0.2, 0) is 16.6 Å². The van der Waals surface area contributed by atoms with Gasteiger partial charge in [0.25, 0.3) is 0 Å². The first-order chi connectivity index (χ1) is 16.6. The molecule has 0 radical (unpaired) electrons. The molecular weight excluding hydrogens is 455 g/mol. The Bertz CT molecular complexity index is 1030. The van der Waals surface area contributed by atoms with Crippen molar-refractivity contribution in [3.63, 3.8) is 0 Å². The molecule has 0 spiro atoms. The van der Waals surface area contributed by atoms with Gasteiger partial charge in [0.1, 0.15) is 5.82 Å². The van der Waals surface area contributed by atoms with Crippen LogP contribution in [0.5, 0.6) is 0 Å². The van der Waals surface area contributed by atoms with Crippen molar-refractivity contribution in [1.29, 1.82) is 0 Å². The number of halogens is 1. The molecule has 0 aliphatic carbocycles. The predicted molar refractivity (Wildman–Crippen MR) is 152 cm³/mol. The average Bonchev–Trinajstić information content (AvgIpc) is 2.83. The van der Waals surface area contributed by atoms with Crippen LogP contribution in [0.2, 0.25) is 0 Å². The Morgan fingerprint density at radius 2 is 1.54 bits per heavy atom. The number of nitrogens with one attached hydrogen (secondary N) is 2. The Morgan fingerprint density at radius 1 is 0.943 bits per heavy atom. The van der Waals surface area contributed by atoms with E-state index in [1.165, 1.54) is 16.5 Å². The smallest absolute Gasteiger partial charge is 0.228 e. The van der Waals surface area contributed by atoms with E-state index in [0.717, 1.165) is 22.6 Å². The molecular formula is C30H41FN2OS. The fourth-order valence-corrected chi connectivity index (χ4v) is 3.81. The summed E-state index contributed by atoms with van der Waals surface area (Å²) in [5, 5.41) is 5.73. The number of thioether (sulfide) groups is 1. The van der Waals surface area contributed by atoms with E-state index in [4.69, 9.17) is 0 Å². The zero-order valence-electron chi connectivity index (χ0n) is 22.5. The van der Waals surface area contributed by atoms with E-state index in [9.17, 15) is 9.18 Å². The second-order valence-corrected chi connectivity index (χ2v) is 10.2. The van der Waals surface area contributed by atoms with Crippen molar-refractivity contribution in [3.05, 3.63) is 89.2 Å². The van der Waals surface area contributed by atoms with Gasteiger partial charge in [0.2, 0.25) is 5.91 Å². The number of rotatable bonds is 6. The lowest BCUT2D eigenvalue weighted by Gasteiger charge is -2.19. The van der Waals surface area contributed by atoms with E-state index >= 15 is 0 Å². The maximum atomic E-state index is 12.7. The highest BCUT2D eigenvalue weighted by atomic mass is 32.2. The van der Waals surface area contributed by atoms with Crippen molar-refractivity contribution in [2.75, 3.05) is 23.4 Å². The molecule has 0 atom stereocenters. The van der Waals surface area contributed by atoms with E-state index in [1.807, 2.05) is 56.8 Å². The van der Waals surface area contributed by atoms with E-state index in [1.54, 1.807) is 19.2 Å². The summed E-state index contributed by atoms with van der Waals surface area (Å²) in [5.74, 6) is 0.877. The fraction of sp³-hybridized carbons (Fsp3) is 0.367. The highest BCUT2D eigenvalue weighted by Crippen LogP contribution is 2.23. The Hall–Kier alpha value is -2.79. The van der Waals surface area contributed by atoms with Gasteiger partial charge in [-0.25, -0.2) is 4.39 Å².